The second-order valence-corrected chi connectivity index (χ2v) is 5.93. The first-order chi connectivity index (χ1) is 13.3. The third-order valence-electron chi connectivity index (χ3n) is 4.15. The normalized spacial score (nSPS) is 10.7. The zero-order valence-corrected chi connectivity index (χ0v) is 14.3. The van der Waals surface area contributed by atoms with Crippen LogP contribution in [0.3, 0.4) is 0 Å². The van der Waals surface area contributed by atoms with Crippen molar-refractivity contribution in [3.63, 3.8) is 0 Å². The van der Waals surface area contributed by atoms with Crippen LogP contribution in [0.4, 0.5) is 0 Å². The van der Waals surface area contributed by atoms with Gasteiger partial charge in [0.05, 0.1) is 5.69 Å². The number of hydrogen-bond donors (Lipinski definition) is 0. The molecule has 4 rings (SSSR count). The van der Waals surface area contributed by atoms with Gasteiger partial charge in [-0.1, -0.05) is 66.7 Å². The maximum absolute atomic E-state index is 13.0. The van der Waals surface area contributed by atoms with E-state index in [2.05, 4.69) is 15.5 Å². The molecule has 3 aromatic carbocycles. The Morgan fingerprint density at radius 1 is 0.852 bits per heavy atom. The maximum atomic E-state index is 13.0. The summed E-state index contributed by atoms with van der Waals surface area (Å²) in [6.07, 6.45) is 1.48. The number of carbonyl (C=O) groups is 1. The smallest absolute Gasteiger partial charge is 0.323 e. The van der Waals surface area contributed by atoms with Crippen LogP contribution in [0.25, 0.3) is 5.69 Å². The highest BCUT2D eigenvalue weighted by molar-refractivity contribution is 5.84. The van der Waals surface area contributed by atoms with Crippen LogP contribution in [0.1, 0.15) is 17.0 Å². The maximum Gasteiger partial charge on any atom is 0.323 e. The molecule has 0 unspecified atom stereocenters. The minimum atomic E-state index is -0.510. The fourth-order valence-corrected chi connectivity index (χ4v) is 2.90. The standard InChI is InChI=1S/C21H16N4O2/c26-21(27-19-13-7-12-18(14-19)25-15-22-23-24-25)20(16-8-3-1-4-9-16)17-10-5-2-6-11-17/h1-15,20H. The van der Waals surface area contributed by atoms with E-state index in [9.17, 15) is 4.79 Å². The van der Waals surface area contributed by atoms with Gasteiger partial charge in [-0.15, -0.1) is 5.10 Å². The number of nitrogens with zero attached hydrogens (tertiary/aromatic N) is 4. The Kier molecular flexibility index (Phi) is 4.70. The molecule has 0 atom stereocenters. The molecule has 0 radical (unpaired) electrons. The molecule has 4 aromatic rings. The lowest BCUT2D eigenvalue weighted by molar-refractivity contribution is -0.135. The second kappa shape index (κ2) is 7.61. The van der Waals surface area contributed by atoms with Gasteiger partial charge in [0.1, 0.15) is 18.0 Å². The van der Waals surface area contributed by atoms with Crippen molar-refractivity contribution < 1.29 is 9.53 Å². The number of benzene rings is 3. The minimum Gasteiger partial charge on any atom is -0.426 e. The largest absolute Gasteiger partial charge is 0.426 e. The van der Waals surface area contributed by atoms with E-state index in [4.69, 9.17) is 4.74 Å². The summed E-state index contributed by atoms with van der Waals surface area (Å²) in [7, 11) is 0. The monoisotopic (exact) mass is 356 g/mol. The van der Waals surface area contributed by atoms with Crippen molar-refractivity contribution in [2.75, 3.05) is 0 Å². The minimum absolute atomic E-state index is 0.346. The van der Waals surface area contributed by atoms with E-state index in [0.717, 1.165) is 11.1 Å². The Hall–Kier alpha value is -3.80. The van der Waals surface area contributed by atoms with Crippen molar-refractivity contribution in [3.05, 3.63) is 102 Å². The average molecular weight is 356 g/mol. The van der Waals surface area contributed by atoms with Gasteiger partial charge in [-0.2, -0.15) is 0 Å². The molecule has 0 bridgehead atoms. The van der Waals surface area contributed by atoms with E-state index in [1.165, 1.54) is 11.0 Å². The predicted molar refractivity (Wildman–Crippen MR) is 99.5 cm³/mol. The van der Waals surface area contributed by atoms with Gasteiger partial charge in [0.2, 0.25) is 0 Å². The Morgan fingerprint density at radius 2 is 1.52 bits per heavy atom. The molecule has 1 heterocycles. The molecule has 0 spiro atoms. The molecule has 0 fully saturated rings. The van der Waals surface area contributed by atoms with Gasteiger partial charge in [0, 0.05) is 6.07 Å². The van der Waals surface area contributed by atoms with Crippen LogP contribution in [0.15, 0.2) is 91.3 Å². The average Bonchev–Trinajstić information content (AvgIpc) is 3.25. The highest BCUT2D eigenvalue weighted by atomic mass is 16.5. The van der Waals surface area contributed by atoms with Crippen LogP contribution in [-0.2, 0) is 4.79 Å². The van der Waals surface area contributed by atoms with Crippen molar-refractivity contribution in [2.24, 2.45) is 0 Å². The molecule has 0 aliphatic carbocycles. The van der Waals surface area contributed by atoms with Crippen molar-refractivity contribution in [1.82, 2.24) is 20.2 Å². The van der Waals surface area contributed by atoms with Gasteiger partial charge >= 0.3 is 5.97 Å². The third-order valence-corrected chi connectivity index (χ3v) is 4.15. The first-order valence-electron chi connectivity index (χ1n) is 8.46. The molecule has 0 saturated carbocycles. The van der Waals surface area contributed by atoms with Crippen LogP contribution in [0.5, 0.6) is 5.75 Å². The lowest BCUT2D eigenvalue weighted by Crippen LogP contribution is -2.20. The summed E-state index contributed by atoms with van der Waals surface area (Å²) in [4.78, 5) is 13.0. The van der Waals surface area contributed by atoms with Crippen LogP contribution < -0.4 is 4.74 Å². The Balaban J connectivity index is 1.64. The van der Waals surface area contributed by atoms with Crippen LogP contribution >= 0.6 is 0 Å². The third kappa shape index (κ3) is 3.74. The fourth-order valence-electron chi connectivity index (χ4n) is 2.90. The number of rotatable bonds is 5. The van der Waals surface area contributed by atoms with E-state index in [1.54, 1.807) is 18.2 Å². The summed E-state index contributed by atoms with van der Waals surface area (Å²) in [5, 5.41) is 11.1. The molecule has 27 heavy (non-hydrogen) atoms. The van der Waals surface area contributed by atoms with Crippen molar-refractivity contribution >= 4 is 5.97 Å². The zero-order valence-electron chi connectivity index (χ0n) is 14.3. The first-order valence-corrected chi connectivity index (χ1v) is 8.46. The number of carbonyl (C=O) groups excluding carboxylic acids is 1. The number of tetrazole rings is 1. The van der Waals surface area contributed by atoms with Crippen LogP contribution in [0.2, 0.25) is 0 Å². The molecule has 0 N–H and O–H groups in total. The van der Waals surface area contributed by atoms with Gasteiger partial charge in [0.15, 0.2) is 0 Å². The number of hydrogen-bond acceptors (Lipinski definition) is 5. The van der Waals surface area contributed by atoms with E-state index < -0.39 is 5.92 Å². The van der Waals surface area contributed by atoms with Crippen LogP contribution in [0, 0.1) is 0 Å². The van der Waals surface area contributed by atoms with Gasteiger partial charge in [-0.25, -0.2) is 4.68 Å². The van der Waals surface area contributed by atoms with Crippen LogP contribution in [-0.4, -0.2) is 26.2 Å². The first kappa shape index (κ1) is 16.7. The van der Waals surface area contributed by atoms with Crippen molar-refractivity contribution in [3.8, 4) is 11.4 Å². The summed E-state index contributed by atoms with van der Waals surface area (Å²) in [5.74, 6) is -0.421. The molecule has 6 nitrogen and oxygen atoms in total. The topological polar surface area (TPSA) is 69.9 Å². The highest BCUT2D eigenvalue weighted by Gasteiger charge is 2.24. The molecule has 0 saturated heterocycles. The fraction of sp³-hybridized carbons (Fsp3) is 0.0476. The quantitative estimate of drug-likeness (QED) is 0.405. The number of esters is 1. The summed E-state index contributed by atoms with van der Waals surface area (Å²) in [6.45, 7) is 0. The Labute approximate surface area is 156 Å². The van der Waals surface area contributed by atoms with Gasteiger partial charge in [0.25, 0.3) is 0 Å². The Morgan fingerprint density at radius 3 is 2.11 bits per heavy atom. The molecule has 0 aliphatic rings. The van der Waals surface area contributed by atoms with Crippen molar-refractivity contribution in [1.29, 1.82) is 0 Å². The van der Waals surface area contributed by atoms with Gasteiger partial charge in [-0.05, 0) is 33.7 Å². The molecule has 132 valence electrons. The molecule has 6 heteroatoms. The van der Waals surface area contributed by atoms with Crippen molar-refractivity contribution in [2.45, 2.75) is 5.92 Å². The summed E-state index contributed by atoms with van der Waals surface area (Å²) in [5.41, 5.74) is 2.47. The SMILES string of the molecule is O=C(Oc1cccc(-n2cnnn2)c1)C(c1ccccc1)c1ccccc1. The summed E-state index contributed by atoms with van der Waals surface area (Å²) < 4.78 is 7.21. The molecular formula is C21H16N4O2. The molecule has 1 aromatic heterocycles. The van der Waals surface area contributed by atoms with Gasteiger partial charge in [-0.3, -0.25) is 4.79 Å². The van der Waals surface area contributed by atoms with E-state index in [-0.39, 0.29) is 5.97 Å². The lowest BCUT2D eigenvalue weighted by Gasteiger charge is -2.17. The van der Waals surface area contributed by atoms with E-state index in [0.29, 0.717) is 11.4 Å². The molecular weight excluding hydrogens is 340 g/mol. The summed E-state index contributed by atoms with van der Waals surface area (Å²) >= 11 is 0. The van der Waals surface area contributed by atoms with E-state index >= 15 is 0 Å². The second-order valence-electron chi connectivity index (χ2n) is 5.93. The van der Waals surface area contributed by atoms with Gasteiger partial charge < -0.3 is 4.74 Å². The number of aromatic nitrogens is 4. The lowest BCUT2D eigenvalue weighted by atomic mass is 9.91. The Bertz CT molecular complexity index is 979. The summed E-state index contributed by atoms with van der Waals surface area (Å²) in [6, 6.07) is 26.3. The highest BCUT2D eigenvalue weighted by Crippen LogP contribution is 2.27. The predicted octanol–water partition coefficient (Wildman–Crippen LogP) is 3.40. The van der Waals surface area contributed by atoms with E-state index in [1.807, 2.05) is 66.7 Å². The number of ether oxygens (including phenoxy) is 1. The zero-order chi connectivity index (χ0) is 18.5. The molecule has 0 aliphatic heterocycles. The molecule has 0 amide bonds.